The van der Waals surface area contributed by atoms with E-state index in [-0.39, 0.29) is 11.7 Å². The Morgan fingerprint density at radius 2 is 1.64 bits per heavy atom. The molecule has 0 aliphatic heterocycles. The molecule has 0 N–H and O–H groups in total. The molecule has 1 aromatic heterocycles. The molecular formula is C22H32FNS. The number of rotatable bonds is 13. The second-order valence-corrected chi connectivity index (χ2v) is 7.87. The van der Waals surface area contributed by atoms with E-state index in [1.54, 1.807) is 17.4 Å². The number of nitrogens with zero attached hydrogens (tertiary/aromatic N) is 1. The number of benzene rings is 1. The largest absolute Gasteiger partial charge is 0.249 e. The molecule has 0 fully saturated rings. The summed E-state index contributed by atoms with van der Waals surface area (Å²) < 4.78 is 13.6. The van der Waals surface area contributed by atoms with Gasteiger partial charge in [0, 0.05) is 17.5 Å². The Morgan fingerprint density at radius 1 is 0.960 bits per heavy atom. The first kappa shape index (κ1) is 20.1. The van der Waals surface area contributed by atoms with E-state index in [1.165, 1.54) is 70.3 Å². The van der Waals surface area contributed by atoms with Gasteiger partial charge in [0.1, 0.15) is 5.82 Å². The highest BCUT2D eigenvalue weighted by Gasteiger charge is 2.16. The van der Waals surface area contributed by atoms with E-state index in [9.17, 15) is 4.39 Å². The van der Waals surface area contributed by atoms with Gasteiger partial charge >= 0.3 is 0 Å². The van der Waals surface area contributed by atoms with Crippen molar-refractivity contribution in [3.63, 3.8) is 0 Å². The number of hydrogen-bond acceptors (Lipinski definition) is 2. The summed E-state index contributed by atoms with van der Waals surface area (Å²) in [6.45, 7) is 2.27. The van der Waals surface area contributed by atoms with Gasteiger partial charge in [-0.25, -0.2) is 9.37 Å². The fourth-order valence-corrected chi connectivity index (χ4v) is 4.20. The Labute approximate surface area is 156 Å². The number of hydrogen-bond donors (Lipinski definition) is 0. The predicted molar refractivity (Wildman–Crippen MR) is 107 cm³/mol. The zero-order chi connectivity index (χ0) is 17.7. The van der Waals surface area contributed by atoms with Gasteiger partial charge < -0.3 is 0 Å². The fraction of sp³-hybridized carbons (Fsp3) is 0.591. The first-order valence-electron chi connectivity index (χ1n) is 9.96. The smallest absolute Gasteiger partial charge is 0.123 e. The molecule has 0 saturated heterocycles. The second-order valence-electron chi connectivity index (χ2n) is 6.95. The molecule has 25 heavy (non-hydrogen) atoms. The average molecular weight is 362 g/mol. The van der Waals surface area contributed by atoms with Crippen LogP contribution in [0.15, 0.2) is 35.8 Å². The van der Waals surface area contributed by atoms with E-state index < -0.39 is 0 Å². The van der Waals surface area contributed by atoms with Crippen molar-refractivity contribution in [1.29, 1.82) is 0 Å². The van der Waals surface area contributed by atoms with E-state index in [0.29, 0.717) is 0 Å². The Hall–Kier alpha value is -1.22. The molecule has 1 aromatic carbocycles. The third-order valence-corrected chi connectivity index (χ3v) is 5.74. The lowest BCUT2D eigenvalue weighted by Gasteiger charge is -2.15. The summed E-state index contributed by atoms with van der Waals surface area (Å²) in [5.74, 6) is 0.0897. The van der Waals surface area contributed by atoms with Crippen LogP contribution in [0.25, 0.3) is 0 Å². The van der Waals surface area contributed by atoms with Crippen molar-refractivity contribution < 1.29 is 4.39 Å². The summed E-state index contributed by atoms with van der Waals surface area (Å²) in [6.07, 6.45) is 16.3. The molecule has 0 radical (unpaired) electrons. The highest BCUT2D eigenvalue weighted by atomic mass is 32.1. The van der Waals surface area contributed by atoms with E-state index in [1.807, 2.05) is 23.7 Å². The maximum atomic E-state index is 13.6. The minimum Gasteiger partial charge on any atom is -0.249 e. The zero-order valence-corrected chi connectivity index (χ0v) is 16.4. The molecule has 3 heteroatoms. The Morgan fingerprint density at radius 3 is 2.24 bits per heavy atom. The van der Waals surface area contributed by atoms with Crippen LogP contribution in [0.1, 0.15) is 94.0 Å². The average Bonchev–Trinajstić information content (AvgIpc) is 3.14. The Bertz CT molecular complexity index is 567. The summed E-state index contributed by atoms with van der Waals surface area (Å²) in [4.78, 5) is 4.48. The monoisotopic (exact) mass is 361 g/mol. The van der Waals surface area contributed by atoms with Gasteiger partial charge in [0.2, 0.25) is 0 Å². The van der Waals surface area contributed by atoms with E-state index in [0.717, 1.165) is 17.0 Å². The van der Waals surface area contributed by atoms with Gasteiger partial charge in [0.25, 0.3) is 0 Å². The normalized spacial score (nSPS) is 12.4. The van der Waals surface area contributed by atoms with E-state index in [4.69, 9.17) is 0 Å². The van der Waals surface area contributed by atoms with Crippen LogP contribution < -0.4 is 0 Å². The molecule has 2 aromatic rings. The minimum atomic E-state index is -0.151. The van der Waals surface area contributed by atoms with Crippen LogP contribution in [0.3, 0.4) is 0 Å². The van der Waals surface area contributed by atoms with Crippen molar-refractivity contribution in [2.45, 2.75) is 83.5 Å². The molecule has 138 valence electrons. The number of aromatic nitrogens is 1. The van der Waals surface area contributed by atoms with Crippen LogP contribution in [0, 0.1) is 5.82 Å². The van der Waals surface area contributed by atoms with Crippen LogP contribution >= 0.6 is 11.3 Å². The molecule has 1 atom stereocenters. The second kappa shape index (κ2) is 12.2. The van der Waals surface area contributed by atoms with Crippen molar-refractivity contribution >= 4 is 11.3 Å². The molecule has 1 nitrogen and oxygen atoms in total. The molecule has 0 saturated carbocycles. The fourth-order valence-electron chi connectivity index (χ4n) is 3.40. The van der Waals surface area contributed by atoms with Crippen molar-refractivity contribution in [1.82, 2.24) is 4.98 Å². The Kier molecular flexibility index (Phi) is 9.79. The summed E-state index contributed by atoms with van der Waals surface area (Å²) in [5, 5.41) is 3.13. The van der Waals surface area contributed by atoms with Gasteiger partial charge in [-0.1, -0.05) is 83.3 Å². The van der Waals surface area contributed by atoms with Gasteiger partial charge in [-0.3, -0.25) is 0 Å². The number of thiazole rings is 1. The summed E-state index contributed by atoms with van der Waals surface area (Å²) in [5.41, 5.74) is 1.06. The topological polar surface area (TPSA) is 12.9 Å². The number of halogens is 1. The molecule has 0 spiro atoms. The van der Waals surface area contributed by atoms with Crippen LogP contribution in [-0.4, -0.2) is 4.98 Å². The van der Waals surface area contributed by atoms with Crippen molar-refractivity contribution in [2.75, 3.05) is 0 Å². The highest BCUT2D eigenvalue weighted by molar-refractivity contribution is 7.09. The van der Waals surface area contributed by atoms with Gasteiger partial charge in [0.15, 0.2) is 0 Å². The van der Waals surface area contributed by atoms with Crippen molar-refractivity contribution in [2.24, 2.45) is 0 Å². The van der Waals surface area contributed by atoms with Crippen molar-refractivity contribution in [3.05, 3.63) is 52.2 Å². The molecule has 0 aliphatic carbocycles. The number of unbranched alkanes of at least 4 members (excludes halogenated alkanes) is 9. The molecule has 0 amide bonds. The highest BCUT2D eigenvalue weighted by Crippen LogP contribution is 2.31. The SMILES string of the molecule is CCCCCCCCCCCCC(c1cccc(F)c1)c1nccs1. The summed E-state index contributed by atoms with van der Waals surface area (Å²) in [6, 6.07) is 7.03. The molecule has 1 heterocycles. The molecule has 2 rings (SSSR count). The minimum absolute atomic E-state index is 0.151. The van der Waals surface area contributed by atoms with Gasteiger partial charge in [-0.15, -0.1) is 11.3 Å². The Balaban J connectivity index is 1.69. The lowest BCUT2D eigenvalue weighted by molar-refractivity contribution is 0.539. The zero-order valence-electron chi connectivity index (χ0n) is 15.6. The van der Waals surface area contributed by atoms with Gasteiger partial charge in [0.05, 0.1) is 5.01 Å². The molecule has 1 unspecified atom stereocenters. The summed E-state index contributed by atoms with van der Waals surface area (Å²) >= 11 is 1.68. The van der Waals surface area contributed by atoms with Crippen LogP contribution in [-0.2, 0) is 0 Å². The van der Waals surface area contributed by atoms with Gasteiger partial charge in [-0.05, 0) is 24.1 Å². The standard InChI is InChI=1S/C22H32FNS/c1-2-3-4-5-6-7-8-9-10-11-15-21(22-24-16-17-25-22)19-13-12-14-20(23)18-19/h12-14,16-18,21H,2-11,15H2,1H3. The first-order valence-corrected chi connectivity index (χ1v) is 10.8. The molecule has 0 aliphatic rings. The van der Waals surface area contributed by atoms with Crippen LogP contribution in [0.2, 0.25) is 0 Å². The lowest BCUT2D eigenvalue weighted by Crippen LogP contribution is -2.01. The van der Waals surface area contributed by atoms with E-state index in [2.05, 4.69) is 11.9 Å². The quantitative estimate of drug-likeness (QED) is 0.333. The third-order valence-electron chi connectivity index (χ3n) is 4.85. The summed E-state index contributed by atoms with van der Waals surface area (Å²) in [7, 11) is 0. The maximum absolute atomic E-state index is 13.6. The molecular weight excluding hydrogens is 329 g/mol. The lowest BCUT2D eigenvalue weighted by atomic mass is 9.93. The molecule has 0 bridgehead atoms. The predicted octanol–water partition coefficient (Wildman–Crippen LogP) is 7.73. The maximum Gasteiger partial charge on any atom is 0.123 e. The van der Waals surface area contributed by atoms with Crippen molar-refractivity contribution in [3.8, 4) is 0 Å². The van der Waals surface area contributed by atoms with Gasteiger partial charge in [-0.2, -0.15) is 0 Å². The van der Waals surface area contributed by atoms with Crippen LogP contribution in [0.5, 0.6) is 0 Å². The third kappa shape index (κ3) is 7.68. The first-order chi connectivity index (χ1) is 12.3. The van der Waals surface area contributed by atoms with Crippen LogP contribution in [0.4, 0.5) is 4.39 Å². The van der Waals surface area contributed by atoms with E-state index >= 15 is 0 Å².